The lowest BCUT2D eigenvalue weighted by Crippen LogP contribution is -2.37. The van der Waals surface area contributed by atoms with E-state index in [1.807, 2.05) is 0 Å². The topological polar surface area (TPSA) is 57.1 Å². The highest BCUT2D eigenvalue weighted by Gasteiger charge is 2.14. The summed E-state index contributed by atoms with van der Waals surface area (Å²) in [5, 5.41) is 10.3. The minimum atomic E-state index is -0.372. The molecule has 1 unspecified atom stereocenters. The molecule has 0 aromatic rings. The summed E-state index contributed by atoms with van der Waals surface area (Å²) in [7, 11) is 1.66. The number of likely N-dealkylation sites (tertiary alicyclic amines) is 1. The van der Waals surface area contributed by atoms with E-state index in [9.17, 15) is 5.11 Å². The lowest BCUT2D eigenvalue weighted by molar-refractivity contribution is 0.0249. The second-order valence-electron chi connectivity index (χ2n) is 5.12. The maximum absolute atomic E-state index is 9.97. The van der Waals surface area contributed by atoms with Crippen LogP contribution in [0.2, 0.25) is 0 Å². The Morgan fingerprint density at radius 1 is 1.48 bits per heavy atom. The van der Waals surface area contributed by atoms with Gasteiger partial charge < -0.3 is 10.0 Å². The fourth-order valence-electron chi connectivity index (χ4n) is 2.24. The summed E-state index contributed by atoms with van der Waals surface area (Å²) in [4.78, 5) is 11.4. The molecular weight excluding hydrogens is 290 g/mol. The molecular formula is C15H26ClN3O2. The lowest BCUT2D eigenvalue weighted by Gasteiger charge is -2.28. The third-order valence-electron chi connectivity index (χ3n) is 3.37. The lowest BCUT2D eigenvalue weighted by atomic mass is 10.1. The number of halogens is 1. The number of allylic oxidation sites excluding steroid dienone is 2. The first-order valence-electron chi connectivity index (χ1n) is 7.40. The largest absolute Gasteiger partial charge is 0.392 e. The Kier molecular flexibility index (Phi) is 9.34. The van der Waals surface area contributed by atoms with Crippen molar-refractivity contribution >= 4 is 17.8 Å². The van der Waals surface area contributed by atoms with E-state index in [4.69, 9.17) is 16.4 Å². The van der Waals surface area contributed by atoms with Gasteiger partial charge in [-0.3, -0.25) is 15.3 Å². The van der Waals surface area contributed by atoms with Crippen LogP contribution in [0.5, 0.6) is 0 Å². The zero-order chi connectivity index (χ0) is 15.5. The molecule has 1 aliphatic rings. The summed E-state index contributed by atoms with van der Waals surface area (Å²) in [6, 6.07) is 0. The first-order chi connectivity index (χ1) is 10.2. The Balaban J connectivity index is 2.19. The van der Waals surface area contributed by atoms with E-state index in [1.165, 1.54) is 19.3 Å². The average Bonchev–Trinajstić information content (AvgIpc) is 2.50. The van der Waals surface area contributed by atoms with E-state index >= 15 is 0 Å². The standard InChI is InChI=1S/C15H26ClN3O2/c1-3-13(11-17-2)15(16)18-21-10-7-14(20)12-19-8-5-4-6-9-19/h3,11,14,18,20H,1,4-10,12H2,2H3. The molecule has 0 saturated carbocycles. The van der Waals surface area contributed by atoms with Gasteiger partial charge in [-0.15, -0.1) is 0 Å². The number of hydroxylamine groups is 1. The number of hydrogen-bond donors (Lipinski definition) is 2. The molecule has 21 heavy (non-hydrogen) atoms. The van der Waals surface area contributed by atoms with Gasteiger partial charge >= 0.3 is 0 Å². The molecule has 0 spiro atoms. The summed E-state index contributed by atoms with van der Waals surface area (Å²) < 4.78 is 0. The zero-order valence-corrected chi connectivity index (χ0v) is 13.5. The van der Waals surface area contributed by atoms with Crippen molar-refractivity contribution in [3.8, 4) is 0 Å². The van der Waals surface area contributed by atoms with Crippen LogP contribution in [-0.2, 0) is 4.84 Å². The molecule has 0 aromatic heterocycles. The predicted molar refractivity (Wildman–Crippen MR) is 87.5 cm³/mol. The fraction of sp³-hybridized carbons (Fsp3) is 0.667. The summed E-state index contributed by atoms with van der Waals surface area (Å²) in [6.07, 6.45) is 7.15. The van der Waals surface area contributed by atoms with Crippen LogP contribution in [0.1, 0.15) is 25.7 Å². The second kappa shape index (κ2) is 10.8. The van der Waals surface area contributed by atoms with E-state index in [1.54, 1.807) is 19.3 Å². The molecule has 1 saturated heterocycles. The number of nitrogens with one attached hydrogen (secondary N) is 1. The highest BCUT2D eigenvalue weighted by atomic mass is 35.5. The smallest absolute Gasteiger partial charge is 0.135 e. The van der Waals surface area contributed by atoms with Gasteiger partial charge in [0, 0.05) is 31.8 Å². The number of rotatable bonds is 9. The van der Waals surface area contributed by atoms with Crippen LogP contribution in [0, 0.1) is 0 Å². The summed E-state index contributed by atoms with van der Waals surface area (Å²) in [6.45, 7) is 6.93. The average molecular weight is 316 g/mol. The molecule has 1 aliphatic heterocycles. The van der Waals surface area contributed by atoms with Crippen LogP contribution in [0.25, 0.3) is 0 Å². The van der Waals surface area contributed by atoms with Gasteiger partial charge in [-0.2, -0.15) is 0 Å². The van der Waals surface area contributed by atoms with Gasteiger partial charge in [0.2, 0.25) is 0 Å². The molecule has 0 radical (unpaired) electrons. The van der Waals surface area contributed by atoms with Crippen molar-refractivity contribution in [2.75, 3.05) is 33.3 Å². The van der Waals surface area contributed by atoms with Gasteiger partial charge in [-0.1, -0.05) is 30.7 Å². The molecule has 0 amide bonds. The van der Waals surface area contributed by atoms with Crippen LogP contribution >= 0.6 is 11.6 Å². The highest BCUT2D eigenvalue weighted by Crippen LogP contribution is 2.10. The van der Waals surface area contributed by atoms with E-state index in [0.717, 1.165) is 13.1 Å². The van der Waals surface area contributed by atoms with Gasteiger partial charge in [0.05, 0.1) is 12.7 Å². The number of β-amino-alcohol motifs (C(OH)–C–C–N with tert-alkyl or cyclic N) is 1. The van der Waals surface area contributed by atoms with Crippen LogP contribution in [0.4, 0.5) is 0 Å². The van der Waals surface area contributed by atoms with E-state index in [-0.39, 0.29) is 6.10 Å². The summed E-state index contributed by atoms with van der Waals surface area (Å²) in [5.74, 6) is 0. The molecule has 0 aliphatic carbocycles. The van der Waals surface area contributed by atoms with Crippen LogP contribution in [0.15, 0.2) is 28.4 Å². The molecule has 5 nitrogen and oxygen atoms in total. The molecule has 2 N–H and O–H groups in total. The number of aliphatic imine (C=N–C) groups is 1. The van der Waals surface area contributed by atoms with Gasteiger partial charge in [-0.25, -0.2) is 0 Å². The Hall–Kier alpha value is -0.880. The highest BCUT2D eigenvalue weighted by molar-refractivity contribution is 6.31. The van der Waals surface area contributed by atoms with Crippen molar-refractivity contribution in [2.45, 2.75) is 31.8 Å². The Labute approximate surface area is 132 Å². The maximum atomic E-state index is 9.97. The van der Waals surface area contributed by atoms with Crippen LogP contribution < -0.4 is 5.48 Å². The number of aliphatic hydroxyl groups excluding tert-OH is 1. The van der Waals surface area contributed by atoms with Gasteiger partial charge in [0.15, 0.2) is 0 Å². The first-order valence-corrected chi connectivity index (χ1v) is 7.77. The van der Waals surface area contributed by atoms with Gasteiger partial charge in [0.1, 0.15) is 5.16 Å². The van der Waals surface area contributed by atoms with E-state index < -0.39 is 0 Å². The minimum absolute atomic E-state index is 0.334. The van der Waals surface area contributed by atoms with Crippen LogP contribution in [0.3, 0.4) is 0 Å². The zero-order valence-electron chi connectivity index (χ0n) is 12.7. The van der Waals surface area contributed by atoms with Gasteiger partial charge in [-0.05, 0) is 25.9 Å². The quantitative estimate of drug-likeness (QED) is 0.225. The molecule has 0 bridgehead atoms. The Morgan fingerprint density at radius 3 is 2.81 bits per heavy atom. The first kappa shape index (κ1) is 18.2. The third-order valence-corrected chi connectivity index (χ3v) is 3.67. The Morgan fingerprint density at radius 2 is 2.19 bits per heavy atom. The number of nitrogens with zero attached hydrogens (tertiary/aromatic N) is 2. The van der Waals surface area contributed by atoms with Crippen molar-refractivity contribution < 1.29 is 9.94 Å². The summed E-state index contributed by atoms with van der Waals surface area (Å²) >= 11 is 6.01. The van der Waals surface area contributed by atoms with Crippen LogP contribution in [-0.4, -0.2) is 55.6 Å². The Bertz CT molecular complexity index is 366. The number of aliphatic hydroxyl groups is 1. The molecule has 1 atom stereocenters. The monoisotopic (exact) mass is 315 g/mol. The molecule has 6 heteroatoms. The number of hydrogen-bond acceptors (Lipinski definition) is 5. The second-order valence-corrected chi connectivity index (χ2v) is 5.49. The normalized spacial score (nSPS) is 19.4. The molecule has 1 heterocycles. The maximum Gasteiger partial charge on any atom is 0.135 e. The predicted octanol–water partition coefficient (Wildman–Crippen LogP) is 2.08. The number of piperidine rings is 1. The van der Waals surface area contributed by atoms with Crippen molar-refractivity contribution in [3.63, 3.8) is 0 Å². The minimum Gasteiger partial charge on any atom is -0.392 e. The van der Waals surface area contributed by atoms with Crippen molar-refractivity contribution in [3.05, 3.63) is 23.4 Å². The molecule has 0 aromatic carbocycles. The van der Waals surface area contributed by atoms with E-state index in [0.29, 0.717) is 30.3 Å². The molecule has 120 valence electrons. The third kappa shape index (κ3) is 7.62. The van der Waals surface area contributed by atoms with Gasteiger partial charge in [0.25, 0.3) is 0 Å². The SMILES string of the molecule is C=CC(C=NC)=C(Cl)NOCCC(O)CN1CCCCC1. The van der Waals surface area contributed by atoms with Crippen molar-refractivity contribution in [1.82, 2.24) is 10.4 Å². The molecule has 1 fully saturated rings. The fourth-order valence-corrected chi connectivity index (χ4v) is 2.42. The molecule has 1 rings (SSSR count). The summed E-state index contributed by atoms with van der Waals surface area (Å²) in [5.41, 5.74) is 3.30. The van der Waals surface area contributed by atoms with E-state index in [2.05, 4.69) is 22.0 Å². The van der Waals surface area contributed by atoms with Crippen molar-refractivity contribution in [2.24, 2.45) is 4.99 Å². The van der Waals surface area contributed by atoms with Crippen molar-refractivity contribution in [1.29, 1.82) is 0 Å².